The summed E-state index contributed by atoms with van der Waals surface area (Å²) in [5.74, 6) is 0.862. The van der Waals surface area contributed by atoms with Gasteiger partial charge in [-0.1, -0.05) is 0 Å². The topological polar surface area (TPSA) is 31.4 Å². The van der Waals surface area contributed by atoms with Gasteiger partial charge in [-0.2, -0.15) is 0 Å². The molecule has 0 atom stereocenters. The van der Waals surface area contributed by atoms with Crippen LogP contribution < -0.4 is 5.32 Å². The fraction of sp³-hybridized carbons (Fsp3) is 0.812. The molecule has 2 fully saturated rings. The van der Waals surface area contributed by atoms with Crippen molar-refractivity contribution >= 4 is 11.3 Å². The molecule has 3 rings (SSSR count). The molecule has 0 amide bonds. The Hall–Kier alpha value is -0.490. The summed E-state index contributed by atoms with van der Waals surface area (Å²) in [6, 6.07) is 0.768. The quantitative estimate of drug-likeness (QED) is 0.836. The number of rotatable bonds is 7. The van der Waals surface area contributed by atoms with E-state index in [4.69, 9.17) is 4.98 Å². The van der Waals surface area contributed by atoms with Crippen LogP contribution in [0.3, 0.4) is 0 Å². The van der Waals surface area contributed by atoms with E-state index in [2.05, 4.69) is 34.6 Å². The molecule has 1 aliphatic heterocycles. The van der Waals surface area contributed by atoms with Gasteiger partial charge in [0.15, 0.2) is 0 Å². The molecule has 2 aliphatic rings. The molecule has 1 aromatic heterocycles. The van der Waals surface area contributed by atoms with E-state index < -0.39 is 0 Å². The summed E-state index contributed by atoms with van der Waals surface area (Å²) in [7, 11) is 4.46. The Kier molecular flexibility index (Phi) is 5.27. The van der Waals surface area contributed by atoms with Crippen LogP contribution >= 0.6 is 11.3 Å². The summed E-state index contributed by atoms with van der Waals surface area (Å²) >= 11 is 1.80. The number of aromatic nitrogens is 1. The smallest absolute Gasteiger partial charge is 0.107 e. The van der Waals surface area contributed by atoms with Crippen molar-refractivity contribution in [3.8, 4) is 0 Å². The molecule has 1 saturated carbocycles. The summed E-state index contributed by atoms with van der Waals surface area (Å²) in [6.45, 7) is 5.67. The van der Waals surface area contributed by atoms with Crippen LogP contribution in [0.1, 0.15) is 36.4 Å². The zero-order chi connectivity index (χ0) is 14.7. The molecule has 21 heavy (non-hydrogen) atoms. The first-order chi connectivity index (χ1) is 10.2. The van der Waals surface area contributed by atoms with Gasteiger partial charge in [0.25, 0.3) is 0 Å². The highest BCUT2D eigenvalue weighted by atomic mass is 32.1. The Morgan fingerprint density at radius 3 is 2.81 bits per heavy atom. The maximum atomic E-state index is 4.76. The molecule has 2 heterocycles. The number of likely N-dealkylation sites (tertiary alicyclic amines) is 1. The summed E-state index contributed by atoms with van der Waals surface area (Å²) in [4.78, 5) is 9.65. The van der Waals surface area contributed by atoms with Crippen molar-refractivity contribution in [3.05, 3.63) is 16.1 Å². The lowest BCUT2D eigenvalue weighted by Gasteiger charge is -2.31. The average Bonchev–Trinajstić information content (AvgIpc) is 3.19. The average molecular weight is 308 g/mol. The van der Waals surface area contributed by atoms with Gasteiger partial charge in [-0.25, -0.2) is 4.98 Å². The van der Waals surface area contributed by atoms with Crippen molar-refractivity contribution in [1.82, 2.24) is 20.1 Å². The predicted molar refractivity (Wildman–Crippen MR) is 88.5 cm³/mol. The van der Waals surface area contributed by atoms with E-state index in [1.165, 1.54) is 56.0 Å². The minimum absolute atomic E-state index is 0.768. The molecule has 5 heteroatoms. The number of thiazole rings is 1. The van der Waals surface area contributed by atoms with E-state index in [1.54, 1.807) is 11.3 Å². The molecule has 0 radical (unpaired) electrons. The van der Waals surface area contributed by atoms with E-state index >= 15 is 0 Å². The van der Waals surface area contributed by atoms with Crippen molar-refractivity contribution in [2.24, 2.45) is 5.92 Å². The van der Waals surface area contributed by atoms with E-state index in [-0.39, 0.29) is 0 Å². The van der Waals surface area contributed by atoms with Crippen LogP contribution in [0.4, 0.5) is 0 Å². The number of hydrogen-bond donors (Lipinski definition) is 1. The fourth-order valence-electron chi connectivity index (χ4n) is 3.05. The second-order valence-electron chi connectivity index (χ2n) is 6.83. The molecule has 118 valence electrons. The maximum Gasteiger partial charge on any atom is 0.107 e. The minimum atomic E-state index is 0.768. The molecule has 1 N–H and O–H groups in total. The van der Waals surface area contributed by atoms with E-state index in [9.17, 15) is 0 Å². The number of piperidine rings is 1. The number of nitrogens with one attached hydrogen (secondary N) is 1. The van der Waals surface area contributed by atoms with Crippen LogP contribution in [0.5, 0.6) is 0 Å². The first-order valence-electron chi connectivity index (χ1n) is 8.23. The lowest BCUT2D eigenvalue weighted by molar-refractivity contribution is 0.173. The maximum absolute atomic E-state index is 4.76. The van der Waals surface area contributed by atoms with Crippen molar-refractivity contribution in [1.29, 1.82) is 0 Å². The Morgan fingerprint density at radius 2 is 2.10 bits per heavy atom. The third kappa shape index (κ3) is 5.02. The summed E-state index contributed by atoms with van der Waals surface area (Å²) in [5, 5.41) is 7.01. The highest BCUT2D eigenvalue weighted by Gasteiger charge is 2.21. The molecule has 1 aliphatic carbocycles. The van der Waals surface area contributed by atoms with Crippen LogP contribution in [0.25, 0.3) is 0 Å². The standard InChI is InChI=1S/C16H28N4S/c1-19-7-5-13(6-8-19)10-20(2)11-15-12-21-16(18-15)9-17-14-3-4-14/h12-14,17H,3-11H2,1-2H3. The summed E-state index contributed by atoms with van der Waals surface area (Å²) in [5.41, 5.74) is 1.24. The second kappa shape index (κ2) is 7.18. The SMILES string of the molecule is CN1CCC(CN(C)Cc2csc(CNC3CC3)n2)CC1. The Morgan fingerprint density at radius 1 is 1.33 bits per heavy atom. The van der Waals surface area contributed by atoms with Crippen LogP contribution in [-0.4, -0.2) is 54.6 Å². The van der Waals surface area contributed by atoms with Gasteiger partial charge in [-0.3, -0.25) is 0 Å². The second-order valence-corrected chi connectivity index (χ2v) is 7.77. The third-order valence-corrected chi connectivity index (χ3v) is 5.46. The van der Waals surface area contributed by atoms with Crippen molar-refractivity contribution in [3.63, 3.8) is 0 Å². The first-order valence-corrected chi connectivity index (χ1v) is 9.11. The van der Waals surface area contributed by atoms with Crippen molar-refractivity contribution < 1.29 is 0 Å². The molecular formula is C16H28N4S. The van der Waals surface area contributed by atoms with E-state index in [0.29, 0.717) is 0 Å². The molecule has 4 nitrogen and oxygen atoms in total. The summed E-state index contributed by atoms with van der Waals surface area (Å²) < 4.78 is 0. The van der Waals surface area contributed by atoms with Gasteiger partial charge in [0.05, 0.1) is 5.69 Å². The Labute approximate surface area is 132 Å². The fourth-order valence-corrected chi connectivity index (χ4v) is 3.78. The van der Waals surface area contributed by atoms with Crippen LogP contribution in [0.2, 0.25) is 0 Å². The van der Waals surface area contributed by atoms with E-state index in [1.807, 2.05) is 0 Å². The first kappa shape index (κ1) is 15.4. The Balaban J connectivity index is 1.40. The normalized spacial score (nSPS) is 21.3. The highest BCUT2D eigenvalue weighted by molar-refractivity contribution is 7.09. The molecular weight excluding hydrogens is 280 g/mol. The van der Waals surface area contributed by atoms with Crippen molar-refractivity contribution in [2.75, 3.05) is 33.7 Å². The number of nitrogens with zero attached hydrogens (tertiary/aromatic N) is 3. The Bertz CT molecular complexity index is 435. The van der Waals surface area contributed by atoms with Gasteiger partial charge >= 0.3 is 0 Å². The molecule has 0 spiro atoms. The van der Waals surface area contributed by atoms with Gasteiger partial charge in [-0.05, 0) is 58.8 Å². The number of hydrogen-bond acceptors (Lipinski definition) is 5. The van der Waals surface area contributed by atoms with Gasteiger partial charge in [0.2, 0.25) is 0 Å². The molecule has 0 bridgehead atoms. The molecule has 1 saturated heterocycles. The lowest BCUT2D eigenvalue weighted by atomic mass is 9.97. The molecule has 1 aromatic rings. The van der Waals surface area contributed by atoms with Crippen LogP contribution in [0.15, 0.2) is 5.38 Å². The monoisotopic (exact) mass is 308 g/mol. The lowest BCUT2D eigenvalue weighted by Crippen LogP contribution is -2.35. The van der Waals surface area contributed by atoms with Gasteiger partial charge in [0.1, 0.15) is 5.01 Å². The largest absolute Gasteiger partial charge is 0.308 e. The van der Waals surface area contributed by atoms with Gasteiger partial charge < -0.3 is 15.1 Å². The minimum Gasteiger partial charge on any atom is -0.308 e. The van der Waals surface area contributed by atoms with Crippen LogP contribution in [-0.2, 0) is 13.1 Å². The van der Waals surface area contributed by atoms with E-state index in [0.717, 1.165) is 25.0 Å². The predicted octanol–water partition coefficient (Wildman–Crippen LogP) is 2.17. The highest BCUT2D eigenvalue weighted by Crippen LogP contribution is 2.21. The third-order valence-electron chi connectivity index (χ3n) is 4.56. The molecule has 0 unspecified atom stereocenters. The zero-order valence-corrected chi connectivity index (χ0v) is 14.2. The van der Waals surface area contributed by atoms with Gasteiger partial charge in [0, 0.05) is 31.1 Å². The van der Waals surface area contributed by atoms with Crippen molar-refractivity contribution in [2.45, 2.75) is 44.8 Å². The molecule has 0 aromatic carbocycles. The van der Waals surface area contributed by atoms with Crippen LogP contribution in [0, 0.1) is 5.92 Å². The van der Waals surface area contributed by atoms with Gasteiger partial charge in [-0.15, -0.1) is 11.3 Å². The zero-order valence-electron chi connectivity index (χ0n) is 13.3. The summed E-state index contributed by atoms with van der Waals surface area (Å²) in [6.07, 6.45) is 5.37.